The second-order valence-corrected chi connectivity index (χ2v) is 11.4. The zero-order valence-electron chi connectivity index (χ0n) is 24.4. The van der Waals surface area contributed by atoms with E-state index in [-0.39, 0.29) is 18.0 Å². The van der Waals surface area contributed by atoms with E-state index in [0.717, 1.165) is 11.1 Å². The summed E-state index contributed by atoms with van der Waals surface area (Å²) in [6.45, 7) is 6.49. The van der Waals surface area contributed by atoms with Gasteiger partial charge in [-0.05, 0) is 77.3 Å². The number of aromatic nitrogens is 5. The minimum Gasteiger partial charge on any atom is -0.325 e. The van der Waals surface area contributed by atoms with Crippen molar-refractivity contribution < 1.29 is 17.1 Å². The zero-order valence-corrected chi connectivity index (χ0v) is 24.0. The molecule has 4 heterocycles. The number of ketones is 1. The second-order valence-electron chi connectivity index (χ2n) is 10.6. The van der Waals surface area contributed by atoms with Gasteiger partial charge in [-0.3, -0.25) is 19.1 Å². The molecule has 4 aromatic rings. The van der Waals surface area contributed by atoms with Crippen molar-refractivity contribution in [3.05, 3.63) is 64.4 Å². The van der Waals surface area contributed by atoms with Gasteiger partial charge in [0.05, 0.1) is 5.52 Å². The number of Topliss-reactive ketones (excluding diaryl/α,β-unsaturated/α-hetero) is 1. The molecule has 0 unspecified atom stereocenters. The first kappa shape index (κ1) is 23.9. The van der Waals surface area contributed by atoms with E-state index in [2.05, 4.69) is 41.3 Å². The number of amides is 2. The van der Waals surface area contributed by atoms with E-state index in [1.165, 1.54) is 16.5 Å². The summed E-state index contributed by atoms with van der Waals surface area (Å²) in [7, 11) is 0. The van der Waals surface area contributed by atoms with Crippen LogP contribution in [0, 0.1) is 19.3 Å². The van der Waals surface area contributed by atoms with E-state index >= 15 is 0 Å². The van der Waals surface area contributed by atoms with Crippen LogP contribution in [0.15, 0.2) is 47.3 Å². The number of anilines is 1. The molecule has 3 aromatic heterocycles. The van der Waals surface area contributed by atoms with Crippen LogP contribution in [0.25, 0.3) is 22.0 Å². The lowest BCUT2D eigenvalue weighted by Crippen LogP contribution is -2.47. The Morgan fingerprint density at radius 1 is 1.15 bits per heavy atom. The van der Waals surface area contributed by atoms with Gasteiger partial charge in [0.25, 0.3) is 0 Å². The van der Waals surface area contributed by atoms with Gasteiger partial charge in [-0.1, -0.05) is 19.1 Å². The minimum atomic E-state index is -1.97. The molecule has 0 spiro atoms. The smallest absolute Gasteiger partial charge is 0.248 e. The summed E-state index contributed by atoms with van der Waals surface area (Å²) in [5.74, 6) is -0.425. The van der Waals surface area contributed by atoms with Gasteiger partial charge in [0, 0.05) is 39.1 Å². The third-order valence-corrected chi connectivity index (χ3v) is 8.04. The summed E-state index contributed by atoms with van der Waals surface area (Å²) in [6.07, 6.45) is 1.88. The van der Waals surface area contributed by atoms with Crippen LogP contribution in [0.5, 0.6) is 0 Å². The first-order valence-corrected chi connectivity index (χ1v) is 13.7. The van der Waals surface area contributed by atoms with Crippen LogP contribution < -0.4 is 5.32 Å². The molecule has 10 nitrogen and oxygen atoms in total. The zero-order chi connectivity index (χ0) is 30.1. The summed E-state index contributed by atoms with van der Waals surface area (Å²) in [5.41, 5.74) is 2.21. The Labute approximate surface area is 242 Å². The van der Waals surface area contributed by atoms with Crippen molar-refractivity contribution in [1.82, 2.24) is 29.6 Å². The van der Waals surface area contributed by atoms with Crippen molar-refractivity contribution in [2.24, 2.45) is 5.41 Å². The average Bonchev–Trinajstić information content (AvgIpc) is 3.44. The minimum absolute atomic E-state index is 0.214. The lowest BCUT2D eigenvalue weighted by molar-refractivity contribution is -0.138. The predicted molar refractivity (Wildman–Crippen MR) is 153 cm³/mol. The Bertz CT molecular complexity index is 1790. The molecular weight excluding hydrogens is 574 g/mol. The fourth-order valence-electron chi connectivity index (χ4n) is 5.28. The molecule has 1 aliphatic heterocycles. The number of rotatable bonds is 6. The Morgan fingerprint density at radius 3 is 2.62 bits per heavy atom. The number of hydrogen-bond acceptors (Lipinski definition) is 7. The molecule has 1 saturated heterocycles. The molecule has 2 amide bonds. The Morgan fingerprint density at radius 2 is 1.90 bits per heavy atom. The summed E-state index contributed by atoms with van der Waals surface area (Å²) in [4.78, 5) is 54.2. The molecule has 2 aliphatic rings. The Kier molecular flexibility index (Phi) is 5.72. The number of halogens is 1. The third-order valence-electron chi connectivity index (χ3n) is 7.60. The van der Waals surface area contributed by atoms with Gasteiger partial charge in [0.1, 0.15) is 34.5 Å². The first-order valence-electron chi connectivity index (χ1n) is 13.9. The average molecular weight is 605 g/mol. The number of piperidine rings is 1. The first-order chi connectivity index (χ1) is 19.8. The molecule has 40 heavy (non-hydrogen) atoms. The number of carbonyl (C=O) groups is 3. The van der Waals surface area contributed by atoms with Gasteiger partial charge in [-0.15, -0.1) is 0 Å². The number of aryl methyl sites for hydroxylation is 2. The standard InChI is InChI=1S/C29H28BrN7O3/c1-15-5-8-24(30)33-27(15)34-28(40)22-10-29(4)11-23(29)37(22)25(39)14-36-21-7-6-18(19-12-31-17(3)32-13-19)9-20(21)26(35-36)16(2)38/h5-9,12-13,22-23H,10-11,14H2,1-4H3,(H,33,34,40)/t22-,23+,29-/m0/s1/i10D2. The molecule has 1 N–H and O–H groups in total. The molecule has 3 atom stereocenters. The van der Waals surface area contributed by atoms with Crippen LogP contribution >= 0.6 is 15.9 Å². The molecule has 204 valence electrons. The topological polar surface area (TPSA) is 123 Å². The van der Waals surface area contributed by atoms with Gasteiger partial charge in [-0.25, -0.2) is 15.0 Å². The maximum absolute atomic E-state index is 13.9. The second kappa shape index (κ2) is 9.58. The quantitative estimate of drug-likeness (QED) is 0.254. The number of nitrogens with zero attached hydrogens (tertiary/aromatic N) is 6. The molecule has 1 aromatic carbocycles. The van der Waals surface area contributed by atoms with Crippen LogP contribution in [-0.2, 0) is 16.1 Å². The SMILES string of the molecule is [2H]C1([2H])[C@@H](C(=O)Nc2nc(Br)ccc2C)N(C(=O)Cn2nc(C(C)=O)c3cc(-c4cnc(C)nc4)ccc32)[C@@H]2C[C@@]21C. The van der Waals surface area contributed by atoms with Crippen molar-refractivity contribution in [3.63, 3.8) is 0 Å². The Hall–Kier alpha value is -3.99. The van der Waals surface area contributed by atoms with Gasteiger partial charge in [0.2, 0.25) is 11.8 Å². The van der Waals surface area contributed by atoms with Crippen molar-refractivity contribution in [2.75, 3.05) is 5.32 Å². The van der Waals surface area contributed by atoms with Crippen molar-refractivity contribution in [2.45, 2.75) is 59.1 Å². The molecule has 1 saturated carbocycles. The van der Waals surface area contributed by atoms with Crippen LogP contribution in [0.3, 0.4) is 0 Å². The van der Waals surface area contributed by atoms with Gasteiger partial charge >= 0.3 is 0 Å². The monoisotopic (exact) mass is 603 g/mol. The molecule has 1 aliphatic carbocycles. The van der Waals surface area contributed by atoms with E-state index in [1.807, 2.05) is 12.1 Å². The fraction of sp³-hybridized carbons (Fsp3) is 0.345. The summed E-state index contributed by atoms with van der Waals surface area (Å²) >= 11 is 3.30. The molecule has 6 rings (SSSR count). The maximum atomic E-state index is 13.9. The molecule has 0 bridgehead atoms. The van der Waals surface area contributed by atoms with E-state index in [9.17, 15) is 14.4 Å². The molecule has 0 radical (unpaired) electrons. The van der Waals surface area contributed by atoms with Crippen LogP contribution in [-0.4, -0.2) is 59.3 Å². The van der Waals surface area contributed by atoms with Crippen LogP contribution in [0.4, 0.5) is 5.82 Å². The third kappa shape index (κ3) is 4.57. The number of fused-ring (bicyclic) bond motifs is 2. The largest absolute Gasteiger partial charge is 0.325 e. The molecule has 2 fully saturated rings. The lowest BCUT2D eigenvalue weighted by Gasteiger charge is -2.27. The highest BCUT2D eigenvalue weighted by Crippen LogP contribution is 2.59. The number of pyridine rings is 1. The fourth-order valence-corrected chi connectivity index (χ4v) is 5.59. The molecule has 11 heteroatoms. The van der Waals surface area contributed by atoms with Crippen molar-refractivity contribution in [1.29, 1.82) is 0 Å². The van der Waals surface area contributed by atoms with Gasteiger partial charge in [0.15, 0.2) is 5.78 Å². The maximum Gasteiger partial charge on any atom is 0.248 e. The summed E-state index contributed by atoms with van der Waals surface area (Å²) in [5, 5.41) is 7.79. The lowest BCUT2D eigenvalue weighted by atomic mass is 10.0. The van der Waals surface area contributed by atoms with Gasteiger partial charge in [-0.2, -0.15) is 5.10 Å². The summed E-state index contributed by atoms with van der Waals surface area (Å²) < 4.78 is 19.8. The van der Waals surface area contributed by atoms with E-state index in [4.69, 9.17) is 2.74 Å². The van der Waals surface area contributed by atoms with Crippen molar-refractivity contribution >= 4 is 50.2 Å². The highest BCUT2D eigenvalue weighted by molar-refractivity contribution is 9.10. The number of carbonyl (C=O) groups excluding carboxylic acids is 3. The summed E-state index contributed by atoms with van der Waals surface area (Å²) in [6, 6.07) is 7.18. The highest BCUT2D eigenvalue weighted by atomic mass is 79.9. The van der Waals surface area contributed by atoms with Gasteiger partial charge < -0.3 is 10.2 Å². The van der Waals surface area contributed by atoms with Crippen molar-refractivity contribution in [3.8, 4) is 11.1 Å². The van der Waals surface area contributed by atoms with E-state index < -0.39 is 35.7 Å². The Balaban J connectivity index is 1.33. The van der Waals surface area contributed by atoms with Crippen LogP contribution in [0.2, 0.25) is 0 Å². The predicted octanol–water partition coefficient (Wildman–Crippen LogP) is 4.49. The number of hydrogen-bond donors (Lipinski definition) is 1. The molecular formula is C29H28BrN7O3. The number of benzene rings is 1. The highest BCUT2D eigenvalue weighted by Gasteiger charge is 2.64. The number of likely N-dealkylation sites (tertiary alicyclic amines) is 1. The normalized spacial score (nSPS) is 23.4. The van der Waals surface area contributed by atoms with Crippen LogP contribution in [0.1, 0.15) is 51.3 Å². The van der Waals surface area contributed by atoms with E-state index in [1.54, 1.807) is 51.4 Å². The van der Waals surface area contributed by atoms with E-state index in [0.29, 0.717) is 39.1 Å². The number of nitrogens with one attached hydrogen (secondary N) is 1.